The molecule has 0 bridgehead atoms. The van der Waals surface area contributed by atoms with E-state index in [0.717, 1.165) is 24.8 Å². The number of benzene rings is 1. The van der Waals surface area contributed by atoms with Gasteiger partial charge in [0, 0.05) is 6.04 Å². The minimum Gasteiger partial charge on any atom is -0.478 e. The number of carbonyl (C=O) groups is 1. The zero-order chi connectivity index (χ0) is 14.5. The van der Waals surface area contributed by atoms with E-state index in [4.69, 9.17) is 5.11 Å². The second-order valence-electron chi connectivity index (χ2n) is 5.65. The molecule has 2 N–H and O–H groups in total. The van der Waals surface area contributed by atoms with Crippen LogP contribution >= 0.6 is 0 Å². The average Bonchev–Trinajstić information content (AvgIpc) is 2.43. The first kappa shape index (κ1) is 14.8. The number of nitrogens with one attached hydrogen (secondary N) is 1. The number of hydrogen-bond acceptors (Lipinski definition) is 2. The minimum atomic E-state index is -1.10. The van der Waals surface area contributed by atoms with Crippen molar-refractivity contribution in [2.24, 2.45) is 5.92 Å². The molecule has 1 aliphatic rings. The molecule has 1 aromatic carbocycles. The number of hydrogen-bond donors (Lipinski definition) is 2. The van der Waals surface area contributed by atoms with Crippen molar-refractivity contribution >= 4 is 11.7 Å². The monoisotopic (exact) mass is 279 g/mol. The molecule has 1 fully saturated rings. The molecule has 0 spiro atoms. The third-order valence-corrected chi connectivity index (χ3v) is 4.12. The van der Waals surface area contributed by atoms with Crippen LogP contribution in [-0.4, -0.2) is 17.1 Å². The molecule has 0 amide bonds. The van der Waals surface area contributed by atoms with Crippen LogP contribution in [0.15, 0.2) is 18.2 Å². The summed E-state index contributed by atoms with van der Waals surface area (Å²) in [7, 11) is 0. The van der Waals surface area contributed by atoms with E-state index in [1.165, 1.54) is 37.8 Å². The molecule has 0 aliphatic heterocycles. The van der Waals surface area contributed by atoms with Gasteiger partial charge in [0.05, 0.1) is 11.3 Å². The lowest BCUT2D eigenvalue weighted by Gasteiger charge is -2.29. The Morgan fingerprint density at radius 2 is 2.05 bits per heavy atom. The summed E-state index contributed by atoms with van der Waals surface area (Å²) in [5, 5.41) is 12.0. The van der Waals surface area contributed by atoms with Crippen molar-refractivity contribution in [2.75, 3.05) is 5.32 Å². The second kappa shape index (κ2) is 6.73. The Morgan fingerprint density at radius 3 is 2.60 bits per heavy atom. The lowest BCUT2D eigenvalue weighted by Crippen LogP contribution is -2.26. The van der Waals surface area contributed by atoms with E-state index in [2.05, 4.69) is 12.2 Å². The Kier molecular flexibility index (Phi) is 4.99. The molecule has 110 valence electrons. The third-order valence-electron chi connectivity index (χ3n) is 4.12. The molecule has 1 saturated carbocycles. The third kappa shape index (κ3) is 3.71. The summed E-state index contributed by atoms with van der Waals surface area (Å²) in [6, 6.07) is 4.34. The lowest BCUT2D eigenvalue weighted by molar-refractivity contribution is 0.0696. The van der Waals surface area contributed by atoms with Gasteiger partial charge in [-0.25, -0.2) is 9.18 Å². The fraction of sp³-hybridized carbons (Fsp3) is 0.562. The Labute approximate surface area is 119 Å². The Balaban J connectivity index is 1.93. The van der Waals surface area contributed by atoms with Crippen molar-refractivity contribution in [1.29, 1.82) is 0 Å². The molecule has 0 heterocycles. The molecule has 0 unspecified atom stereocenters. The minimum absolute atomic E-state index is 0.0142. The van der Waals surface area contributed by atoms with Crippen LogP contribution in [0.3, 0.4) is 0 Å². The van der Waals surface area contributed by atoms with E-state index in [1.54, 1.807) is 0 Å². The number of carboxylic acids is 1. The first-order valence-electron chi connectivity index (χ1n) is 7.39. The van der Waals surface area contributed by atoms with Crippen molar-refractivity contribution in [3.05, 3.63) is 29.6 Å². The molecule has 20 heavy (non-hydrogen) atoms. The van der Waals surface area contributed by atoms with E-state index >= 15 is 0 Å². The molecular formula is C16H22FNO2. The van der Waals surface area contributed by atoms with Crippen LogP contribution in [0, 0.1) is 11.7 Å². The first-order chi connectivity index (χ1) is 9.60. The van der Waals surface area contributed by atoms with Crippen molar-refractivity contribution in [2.45, 2.75) is 51.5 Å². The number of anilines is 1. The van der Waals surface area contributed by atoms with Gasteiger partial charge in [-0.1, -0.05) is 19.8 Å². The molecule has 0 aromatic heterocycles. The molecule has 0 atom stereocenters. The lowest BCUT2D eigenvalue weighted by atomic mass is 9.83. The topological polar surface area (TPSA) is 49.3 Å². The Morgan fingerprint density at radius 1 is 1.35 bits per heavy atom. The van der Waals surface area contributed by atoms with Crippen LogP contribution in [-0.2, 0) is 0 Å². The summed E-state index contributed by atoms with van der Waals surface area (Å²) in [5.41, 5.74) is 0.397. The summed E-state index contributed by atoms with van der Waals surface area (Å²) in [6.07, 6.45) is 7.03. The Bertz CT molecular complexity index is 468. The van der Waals surface area contributed by atoms with E-state index in [0.29, 0.717) is 11.7 Å². The van der Waals surface area contributed by atoms with Crippen molar-refractivity contribution in [3.63, 3.8) is 0 Å². The number of halogens is 1. The van der Waals surface area contributed by atoms with Crippen LogP contribution in [0.25, 0.3) is 0 Å². The standard InChI is InChI=1S/C16H22FNO2/c1-2-3-11-4-7-13(8-5-11)18-15-9-6-12(16(19)20)10-14(15)17/h6,9-11,13,18H,2-5,7-8H2,1H3,(H,19,20). The smallest absolute Gasteiger partial charge is 0.335 e. The van der Waals surface area contributed by atoms with Gasteiger partial charge < -0.3 is 10.4 Å². The summed E-state index contributed by atoms with van der Waals surface area (Å²) in [4.78, 5) is 10.8. The zero-order valence-corrected chi connectivity index (χ0v) is 11.9. The maximum absolute atomic E-state index is 13.8. The van der Waals surface area contributed by atoms with Gasteiger partial charge >= 0.3 is 5.97 Å². The molecule has 3 nitrogen and oxygen atoms in total. The molecule has 1 aromatic rings. The highest BCUT2D eigenvalue weighted by molar-refractivity contribution is 5.88. The van der Waals surface area contributed by atoms with Gasteiger partial charge in [-0.15, -0.1) is 0 Å². The Hall–Kier alpha value is -1.58. The maximum atomic E-state index is 13.8. The quantitative estimate of drug-likeness (QED) is 0.845. The van der Waals surface area contributed by atoms with Crippen LogP contribution in [0.5, 0.6) is 0 Å². The van der Waals surface area contributed by atoms with Crippen molar-refractivity contribution in [1.82, 2.24) is 0 Å². The van der Waals surface area contributed by atoms with E-state index in [-0.39, 0.29) is 5.56 Å². The number of rotatable bonds is 5. The summed E-state index contributed by atoms with van der Waals surface area (Å²) < 4.78 is 13.8. The predicted octanol–water partition coefficient (Wildman–Crippen LogP) is 4.29. The van der Waals surface area contributed by atoms with Crippen molar-refractivity contribution in [3.8, 4) is 0 Å². The SMILES string of the molecule is CCCC1CCC(Nc2ccc(C(=O)O)cc2F)CC1. The predicted molar refractivity (Wildman–Crippen MR) is 77.6 cm³/mol. The van der Waals surface area contributed by atoms with Crippen LogP contribution in [0.4, 0.5) is 10.1 Å². The van der Waals surface area contributed by atoms with Gasteiger partial charge in [0.1, 0.15) is 5.82 Å². The van der Waals surface area contributed by atoms with Crippen LogP contribution < -0.4 is 5.32 Å². The summed E-state index contributed by atoms with van der Waals surface area (Å²) >= 11 is 0. The van der Waals surface area contributed by atoms with Gasteiger partial charge in [0.15, 0.2) is 0 Å². The fourth-order valence-electron chi connectivity index (χ4n) is 2.99. The van der Waals surface area contributed by atoms with Gasteiger partial charge in [-0.05, 0) is 49.8 Å². The van der Waals surface area contributed by atoms with Gasteiger partial charge in [-0.3, -0.25) is 0 Å². The summed E-state index contributed by atoms with van der Waals surface area (Å²) in [6.45, 7) is 2.21. The highest BCUT2D eigenvalue weighted by atomic mass is 19.1. The van der Waals surface area contributed by atoms with E-state index < -0.39 is 11.8 Å². The molecule has 0 radical (unpaired) electrons. The zero-order valence-electron chi connectivity index (χ0n) is 11.9. The van der Waals surface area contributed by atoms with Gasteiger partial charge in [0.2, 0.25) is 0 Å². The fourth-order valence-corrected chi connectivity index (χ4v) is 2.99. The van der Waals surface area contributed by atoms with E-state index in [9.17, 15) is 9.18 Å². The van der Waals surface area contributed by atoms with Gasteiger partial charge in [0.25, 0.3) is 0 Å². The molecule has 2 rings (SSSR count). The number of aromatic carboxylic acids is 1. The maximum Gasteiger partial charge on any atom is 0.335 e. The van der Waals surface area contributed by atoms with Crippen molar-refractivity contribution < 1.29 is 14.3 Å². The average molecular weight is 279 g/mol. The van der Waals surface area contributed by atoms with E-state index in [1.807, 2.05) is 0 Å². The first-order valence-corrected chi connectivity index (χ1v) is 7.39. The molecular weight excluding hydrogens is 257 g/mol. The highest BCUT2D eigenvalue weighted by Gasteiger charge is 2.21. The van der Waals surface area contributed by atoms with Crippen LogP contribution in [0.2, 0.25) is 0 Å². The molecule has 1 aliphatic carbocycles. The normalized spacial score (nSPS) is 22.5. The molecule has 0 saturated heterocycles. The van der Waals surface area contributed by atoms with Crippen LogP contribution in [0.1, 0.15) is 55.8 Å². The molecule has 4 heteroatoms. The number of carboxylic acid groups (broad SMARTS) is 1. The highest BCUT2D eigenvalue weighted by Crippen LogP contribution is 2.30. The van der Waals surface area contributed by atoms with Gasteiger partial charge in [-0.2, -0.15) is 0 Å². The second-order valence-corrected chi connectivity index (χ2v) is 5.65. The summed E-state index contributed by atoms with van der Waals surface area (Å²) in [5.74, 6) is -0.770. The largest absolute Gasteiger partial charge is 0.478 e.